The van der Waals surface area contributed by atoms with E-state index in [1.807, 2.05) is 6.92 Å². The minimum atomic E-state index is -0.810. The zero-order chi connectivity index (χ0) is 13.5. The van der Waals surface area contributed by atoms with E-state index in [-0.39, 0.29) is 5.75 Å². The van der Waals surface area contributed by atoms with Gasteiger partial charge in [-0.1, -0.05) is 6.07 Å². The van der Waals surface area contributed by atoms with Crippen LogP contribution in [0, 0.1) is 0 Å². The molecule has 0 radical (unpaired) electrons. The minimum absolute atomic E-state index is 0.257. The van der Waals surface area contributed by atoms with Crippen molar-refractivity contribution in [3.05, 3.63) is 23.8 Å². The molecule has 1 rings (SSSR count). The molecule has 0 aliphatic heterocycles. The Hall–Kier alpha value is -2.04. The smallest absolute Gasteiger partial charge is 0.346 e. The number of methoxy groups -OCH3 is 1. The molecule has 0 aromatic heterocycles. The molecule has 0 fully saturated rings. The third-order valence-electron chi connectivity index (χ3n) is 2.26. The topological polar surface area (TPSA) is 61.8 Å². The van der Waals surface area contributed by atoms with Crippen LogP contribution < -0.4 is 9.47 Å². The van der Waals surface area contributed by atoms with E-state index in [1.165, 1.54) is 7.11 Å². The fraction of sp³-hybridized carbons (Fsp3) is 0.385. The van der Waals surface area contributed by atoms with Crippen molar-refractivity contribution in [2.24, 2.45) is 0 Å². The Morgan fingerprint density at radius 1 is 1.44 bits per heavy atom. The van der Waals surface area contributed by atoms with Crippen LogP contribution in [0.15, 0.2) is 18.2 Å². The van der Waals surface area contributed by atoms with Gasteiger partial charge in [0.25, 0.3) is 0 Å². The lowest BCUT2D eigenvalue weighted by Gasteiger charge is -2.17. The standard InChI is InChI=1S/C13H16O5/c1-4-17-11-7-5-6-10(8-14)12(11)18-9(2)13(15)16-3/h5-9H,4H2,1-3H3. The molecular formula is C13H16O5. The first-order chi connectivity index (χ1) is 8.63. The summed E-state index contributed by atoms with van der Waals surface area (Å²) in [6, 6.07) is 4.95. The number of hydrogen-bond acceptors (Lipinski definition) is 5. The Balaban J connectivity index is 3.03. The van der Waals surface area contributed by atoms with Gasteiger partial charge >= 0.3 is 5.97 Å². The highest BCUT2D eigenvalue weighted by atomic mass is 16.6. The molecule has 5 nitrogen and oxygen atoms in total. The Labute approximate surface area is 106 Å². The number of benzene rings is 1. The second kappa shape index (κ2) is 6.64. The van der Waals surface area contributed by atoms with Gasteiger partial charge in [0.1, 0.15) is 0 Å². The van der Waals surface area contributed by atoms with Crippen molar-refractivity contribution in [2.45, 2.75) is 20.0 Å². The van der Waals surface area contributed by atoms with E-state index in [4.69, 9.17) is 9.47 Å². The van der Waals surface area contributed by atoms with Gasteiger partial charge in [-0.15, -0.1) is 0 Å². The lowest BCUT2D eigenvalue weighted by atomic mass is 10.2. The highest BCUT2D eigenvalue weighted by Gasteiger charge is 2.19. The molecule has 0 heterocycles. The zero-order valence-corrected chi connectivity index (χ0v) is 10.6. The van der Waals surface area contributed by atoms with Gasteiger partial charge in [0.15, 0.2) is 23.9 Å². The van der Waals surface area contributed by atoms with Crippen LogP contribution in [0.1, 0.15) is 24.2 Å². The van der Waals surface area contributed by atoms with Gasteiger partial charge in [0.2, 0.25) is 0 Å². The number of rotatable bonds is 6. The molecule has 1 unspecified atom stereocenters. The Bertz CT molecular complexity index is 427. The number of para-hydroxylation sites is 1. The third kappa shape index (κ3) is 3.23. The van der Waals surface area contributed by atoms with Gasteiger partial charge < -0.3 is 14.2 Å². The second-order valence-electron chi connectivity index (χ2n) is 3.51. The summed E-state index contributed by atoms with van der Waals surface area (Å²) in [5.41, 5.74) is 0.330. The van der Waals surface area contributed by atoms with Gasteiger partial charge in [-0.05, 0) is 26.0 Å². The summed E-state index contributed by atoms with van der Waals surface area (Å²) in [5, 5.41) is 0. The SMILES string of the molecule is CCOc1cccc(C=O)c1OC(C)C(=O)OC. The molecule has 1 aromatic rings. The molecule has 18 heavy (non-hydrogen) atoms. The van der Waals surface area contributed by atoms with E-state index in [0.717, 1.165) is 0 Å². The van der Waals surface area contributed by atoms with Crippen LogP contribution in [0.4, 0.5) is 0 Å². The van der Waals surface area contributed by atoms with E-state index in [0.29, 0.717) is 24.2 Å². The predicted molar refractivity (Wildman–Crippen MR) is 65.1 cm³/mol. The van der Waals surface area contributed by atoms with Gasteiger partial charge in [-0.3, -0.25) is 4.79 Å². The highest BCUT2D eigenvalue weighted by Crippen LogP contribution is 2.31. The average molecular weight is 252 g/mol. The van der Waals surface area contributed by atoms with Gasteiger partial charge in [-0.25, -0.2) is 4.79 Å². The van der Waals surface area contributed by atoms with Crippen molar-refractivity contribution < 1.29 is 23.8 Å². The maximum atomic E-state index is 11.3. The normalized spacial score (nSPS) is 11.5. The lowest BCUT2D eigenvalue weighted by molar-refractivity contribution is -0.147. The number of carbonyl (C=O) groups excluding carboxylic acids is 2. The lowest BCUT2D eigenvalue weighted by Crippen LogP contribution is -2.25. The second-order valence-corrected chi connectivity index (χ2v) is 3.51. The Morgan fingerprint density at radius 3 is 2.72 bits per heavy atom. The van der Waals surface area contributed by atoms with E-state index >= 15 is 0 Å². The van der Waals surface area contributed by atoms with E-state index < -0.39 is 12.1 Å². The first kappa shape index (κ1) is 14.0. The summed E-state index contributed by atoms with van der Waals surface area (Å²) in [4.78, 5) is 22.3. The molecule has 1 atom stereocenters. The van der Waals surface area contributed by atoms with Crippen molar-refractivity contribution >= 4 is 12.3 Å². The minimum Gasteiger partial charge on any atom is -0.490 e. The molecule has 98 valence electrons. The molecule has 0 amide bonds. The van der Waals surface area contributed by atoms with E-state index in [1.54, 1.807) is 25.1 Å². The number of esters is 1. The number of carbonyl (C=O) groups is 2. The molecular weight excluding hydrogens is 236 g/mol. The van der Waals surface area contributed by atoms with E-state index in [2.05, 4.69) is 4.74 Å². The Morgan fingerprint density at radius 2 is 2.17 bits per heavy atom. The molecule has 0 saturated carbocycles. The molecule has 0 spiro atoms. The van der Waals surface area contributed by atoms with Crippen molar-refractivity contribution in [1.29, 1.82) is 0 Å². The fourth-order valence-electron chi connectivity index (χ4n) is 1.41. The summed E-state index contributed by atoms with van der Waals surface area (Å²) < 4.78 is 15.4. The summed E-state index contributed by atoms with van der Waals surface area (Å²) in [6.07, 6.45) is -0.155. The van der Waals surface area contributed by atoms with Crippen LogP contribution in [0.2, 0.25) is 0 Å². The fourth-order valence-corrected chi connectivity index (χ4v) is 1.41. The summed E-state index contributed by atoms with van der Waals surface area (Å²) in [6.45, 7) is 3.80. The van der Waals surface area contributed by atoms with Crippen molar-refractivity contribution in [3.8, 4) is 11.5 Å². The number of aldehydes is 1. The van der Waals surface area contributed by atoms with Gasteiger partial charge in [0, 0.05) is 0 Å². The average Bonchev–Trinajstić information content (AvgIpc) is 2.39. The van der Waals surface area contributed by atoms with Crippen molar-refractivity contribution in [2.75, 3.05) is 13.7 Å². The maximum absolute atomic E-state index is 11.3. The van der Waals surface area contributed by atoms with Crippen LogP contribution >= 0.6 is 0 Å². The van der Waals surface area contributed by atoms with Gasteiger partial charge in [0.05, 0.1) is 19.3 Å². The zero-order valence-electron chi connectivity index (χ0n) is 10.6. The van der Waals surface area contributed by atoms with Crippen LogP contribution in [0.5, 0.6) is 11.5 Å². The molecule has 0 saturated heterocycles. The molecule has 0 aliphatic rings. The first-order valence-corrected chi connectivity index (χ1v) is 5.59. The van der Waals surface area contributed by atoms with Crippen LogP contribution in [-0.4, -0.2) is 32.1 Å². The van der Waals surface area contributed by atoms with E-state index in [9.17, 15) is 9.59 Å². The number of hydrogen-bond donors (Lipinski definition) is 0. The van der Waals surface area contributed by atoms with Crippen molar-refractivity contribution in [3.63, 3.8) is 0 Å². The monoisotopic (exact) mass is 252 g/mol. The van der Waals surface area contributed by atoms with Crippen LogP contribution in [0.25, 0.3) is 0 Å². The predicted octanol–water partition coefficient (Wildman–Crippen LogP) is 1.84. The summed E-state index contributed by atoms with van der Waals surface area (Å²) in [5.74, 6) is 0.170. The molecule has 0 aliphatic carbocycles. The number of ether oxygens (including phenoxy) is 3. The highest BCUT2D eigenvalue weighted by molar-refractivity contribution is 5.82. The maximum Gasteiger partial charge on any atom is 0.346 e. The third-order valence-corrected chi connectivity index (χ3v) is 2.26. The van der Waals surface area contributed by atoms with Crippen LogP contribution in [0.3, 0.4) is 0 Å². The summed E-state index contributed by atoms with van der Waals surface area (Å²) in [7, 11) is 1.28. The first-order valence-electron chi connectivity index (χ1n) is 5.59. The van der Waals surface area contributed by atoms with Crippen molar-refractivity contribution in [1.82, 2.24) is 0 Å². The quantitative estimate of drug-likeness (QED) is 0.571. The molecule has 5 heteroatoms. The molecule has 1 aromatic carbocycles. The van der Waals surface area contributed by atoms with Crippen LogP contribution in [-0.2, 0) is 9.53 Å². The summed E-state index contributed by atoms with van der Waals surface area (Å²) >= 11 is 0. The molecule has 0 bridgehead atoms. The largest absolute Gasteiger partial charge is 0.490 e. The van der Waals surface area contributed by atoms with Gasteiger partial charge in [-0.2, -0.15) is 0 Å². The molecule has 0 N–H and O–H groups in total. The Kier molecular flexibility index (Phi) is 5.17.